The summed E-state index contributed by atoms with van der Waals surface area (Å²) in [5.41, 5.74) is 2.98. The van der Waals surface area contributed by atoms with Gasteiger partial charge in [0.15, 0.2) is 0 Å². The van der Waals surface area contributed by atoms with E-state index >= 15 is 0 Å². The average molecular weight is 566 g/mol. The van der Waals surface area contributed by atoms with Crippen molar-refractivity contribution in [2.24, 2.45) is 0 Å². The number of nitrogens with zero attached hydrogens (tertiary/aromatic N) is 2. The third kappa shape index (κ3) is 7.41. The van der Waals surface area contributed by atoms with Gasteiger partial charge in [-0.2, -0.15) is 0 Å². The molecule has 9 heteroatoms. The lowest BCUT2D eigenvalue weighted by molar-refractivity contribution is -0.139. The molecule has 214 valence electrons. The molecule has 0 fully saturated rings. The van der Waals surface area contributed by atoms with Gasteiger partial charge in [-0.25, -0.2) is 8.42 Å². The summed E-state index contributed by atoms with van der Waals surface area (Å²) in [6, 6.07) is 19.9. The molecule has 3 aromatic carbocycles. The monoisotopic (exact) mass is 565 g/mol. The summed E-state index contributed by atoms with van der Waals surface area (Å²) in [5, 5.41) is 2.94. The molecule has 0 radical (unpaired) electrons. The van der Waals surface area contributed by atoms with E-state index in [1.807, 2.05) is 52.0 Å². The maximum Gasteiger partial charge on any atom is 0.264 e. The summed E-state index contributed by atoms with van der Waals surface area (Å²) in [7, 11) is -2.73. The van der Waals surface area contributed by atoms with Crippen LogP contribution >= 0.6 is 0 Å². The molecule has 40 heavy (non-hydrogen) atoms. The molecule has 0 bridgehead atoms. The lowest BCUT2D eigenvalue weighted by Crippen LogP contribution is -2.52. The lowest BCUT2D eigenvalue weighted by Gasteiger charge is -2.33. The van der Waals surface area contributed by atoms with Gasteiger partial charge in [-0.1, -0.05) is 66.6 Å². The van der Waals surface area contributed by atoms with Gasteiger partial charge in [0.2, 0.25) is 11.8 Å². The number of hydrogen-bond donors (Lipinski definition) is 1. The van der Waals surface area contributed by atoms with Crippen molar-refractivity contribution in [1.82, 2.24) is 10.2 Å². The van der Waals surface area contributed by atoms with Crippen LogP contribution in [0, 0.1) is 13.8 Å². The fraction of sp³-hybridized carbons (Fsp3) is 0.355. The maximum absolute atomic E-state index is 14.0. The van der Waals surface area contributed by atoms with Crippen molar-refractivity contribution in [1.29, 1.82) is 0 Å². The number of hydrogen-bond acceptors (Lipinski definition) is 5. The highest BCUT2D eigenvalue weighted by molar-refractivity contribution is 7.92. The lowest BCUT2D eigenvalue weighted by atomic mass is 10.1. The molecular formula is C31H39N3O5S. The molecule has 0 heterocycles. The number of ether oxygens (including phenoxy) is 1. The molecule has 0 aromatic heterocycles. The molecule has 0 saturated carbocycles. The predicted octanol–water partition coefficient (Wildman–Crippen LogP) is 4.84. The normalized spacial score (nSPS) is 12.8. The van der Waals surface area contributed by atoms with Crippen LogP contribution in [0.25, 0.3) is 0 Å². The third-order valence-corrected chi connectivity index (χ3v) is 8.62. The van der Waals surface area contributed by atoms with Gasteiger partial charge in [0, 0.05) is 12.6 Å². The van der Waals surface area contributed by atoms with Gasteiger partial charge < -0.3 is 15.0 Å². The second kappa shape index (κ2) is 13.5. The molecule has 3 aromatic rings. The minimum atomic E-state index is -4.18. The van der Waals surface area contributed by atoms with E-state index < -0.39 is 28.5 Å². The Bertz CT molecular complexity index is 1420. The van der Waals surface area contributed by atoms with E-state index in [9.17, 15) is 18.0 Å². The second-order valence-corrected chi connectivity index (χ2v) is 11.9. The zero-order valence-electron chi connectivity index (χ0n) is 24.0. The Hall–Kier alpha value is -3.85. The van der Waals surface area contributed by atoms with Crippen LogP contribution < -0.4 is 14.4 Å². The number of amides is 2. The molecular weight excluding hydrogens is 526 g/mol. The first kappa shape index (κ1) is 30.7. The van der Waals surface area contributed by atoms with E-state index in [2.05, 4.69) is 5.32 Å². The van der Waals surface area contributed by atoms with Gasteiger partial charge in [0.25, 0.3) is 10.0 Å². The van der Waals surface area contributed by atoms with Gasteiger partial charge in [-0.3, -0.25) is 13.9 Å². The van der Waals surface area contributed by atoms with Crippen LogP contribution in [0.15, 0.2) is 77.7 Å². The molecule has 0 saturated heterocycles. The Morgan fingerprint density at radius 3 is 2.23 bits per heavy atom. The zero-order valence-corrected chi connectivity index (χ0v) is 24.9. The van der Waals surface area contributed by atoms with Crippen molar-refractivity contribution in [3.05, 3.63) is 89.5 Å². The molecule has 0 aliphatic carbocycles. The van der Waals surface area contributed by atoms with Crippen LogP contribution in [-0.2, 0) is 26.2 Å². The van der Waals surface area contributed by atoms with E-state index in [1.54, 1.807) is 43.3 Å². The number of nitrogens with one attached hydrogen (secondary N) is 1. The topological polar surface area (TPSA) is 96.0 Å². The summed E-state index contributed by atoms with van der Waals surface area (Å²) in [5.74, 6) is -0.519. The maximum atomic E-state index is 14.0. The highest BCUT2D eigenvalue weighted by Gasteiger charge is 2.34. The fourth-order valence-electron chi connectivity index (χ4n) is 4.24. The molecule has 3 rings (SSSR count). The van der Waals surface area contributed by atoms with Gasteiger partial charge in [-0.05, 0) is 63.9 Å². The Balaban J connectivity index is 2.06. The summed E-state index contributed by atoms with van der Waals surface area (Å²) >= 11 is 0. The van der Waals surface area contributed by atoms with Crippen molar-refractivity contribution in [3.8, 4) is 5.75 Å². The van der Waals surface area contributed by atoms with E-state index in [-0.39, 0.29) is 29.1 Å². The van der Waals surface area contributed by atoms with Crippen molar-refractivity contribution >= 4 is 27.5 Å². The van der Waals surface area contributed by atoms with Crippen LogP contribution in [-0.4, -0.2) is 50.9 Å². The SMILES string of the molecule is CC[C@@H](C)NC(=O)[C@@H](C)N(Cc1cccc(C)c1)C(=O)CN(c1ccccc1OC)S(=O)(=O)c1ccc(C)cc1. The Labute approximate surface area is 238 Å². The fourth-order valence-corrected chi connectivity index (χ4v) is 5.67. The highest BCUT2D eigenvalue weighted by Crippen LogP contribution is 2.32. The number of para-hydroxylation sites is 2. The molecule has 8 nitrogen and oxygen atoms in total. The summed E-state index contributed by atoms with van der Waals surface area (Å²) in [4.78, 5) is 28.7. The molecule has 1 N–H and O–H groups in total. The zero-order chi connectivity index (χ0) is 29.4. The van der Waals surface area contributed by atoms with Crippen molar-refractivity contribution < 1.29 is 22.7 Å². The number of carbonyl (C=O) groups excluding carboxylic acids is 2. The van der Waals surface area contributed by atoms with Crippen LogP contribution in [0.3, 0.4) is 0 Å². The molecule has 0 unspecified atom stereocenters. The quantitative estimate of drug-likeness (QED) is 0.339. The number of benzene rings is 3. The summed E-state index contributed by atoms with van der Waals surface area (Å²) in [6.45, 7) is 8.96. The Morgan fingerprint density at radius 2 is 1.60 bits per heavy atom. The minimum Gasteiger partial charge on any atom is -0.495 e. The smallest absolute Gasteiger partial charge is 0.264 e. The molecule has 0 aliphatic rings. The first-order valence-corrected chi connectivity index (χ1v) is 14.8. The van der Waals surface area contributed by atoms with Gasteiger partial charge in [-0.15, -0.1) is 0 Å². The molecule has 0 spiro atoms. The largest absolute Gasteiger partial charge is 0.495 e. The van der Waals surface area contributed by atoms with Crippen LogP contribution in [0.1, 0.15) is 43.9 Å². The molecule has 2 amide bonds. The van der Waals surface area contributed by atoms with Crippen molar-refractivity contribution in [2.75, 3.05) is 18.0 Å². The predicted molar refractivity (Wildman–Crippen MR) is 158 cm³/mol. The summed E-state index contributed by atoms with van der Waals surface area (Å²) < 4.78 is 34.5. The van der Waals surface area contributed by atoms with E-state index in [1.165, 1.54) is 24.1 Å². The molecule has 2 atom stereocenters. The minimum absolute atomic E-state index is 0.0459. The number of methoxy groups -OCH3 is 1. The average Bonchev–Trinajstić information content (AvgIpc) is 2.94. The highest BCUT2D eigenvalue weighted by atomic mass is 32.2. The van der Waals surface area contributed by atoms with Gasteiger partial charge in [0.05, 0.1) is 17.7 Å². The number of anilines is 1. The second-order valence-electron chi connectivity index (χ2n) is 10.0. The van der Waals surface area contributed by atoms with E-state index in [4.69, 9.17) is 4.74 Å². The van der Waals surface area contributed by atoms with Crippen molar-refractivity contribution in [3.63, 3.8) is 0 Å². The third-order valence-electron chi connectivity index (χ3n) is 6.85. The summed E-state index contributed by atoms with van der Waals surface area (Å²) in [6.07, 6.45) is 0.737. The number of aryl methyl sites for hydroxylation is 2. The first-order valence-electron chi connectivity index (χ1n) is 13.4. The van der Waals surface area contributed by atoms with Crippen LogP contribution in [0.5, 0.6) is 5.75 Å². The standard InChI is InChI=1S/C31H39N3O5S/c1-7-24(4)32-31(36)25(5)33(20-26-12-10-11-23(3)19-26)30(35)21-34(28-13-8-9-14-29(28)39-6)40(37,38)27-17-15-22(2)16-18-27/h8-19,24-25H,7,20-21H2,1-6H3,(H,32,36)/t24-,25-/m1/s1. The number of rotatable bonds is 12. The number of carbonyl (C=O) groups is 2. The van der Waals surface area contributed by atoms with Crippen LogP contribution in [0.2, 0.25) is 0 Å². The van der Waals surface area contributed by atoms with E-state index in [0.29, 0.717) is 5.75 Å². The Morgan fingerprint density at radius 1 is 0.925 bits per heavy atom. The Kier molecular flexibility index (Phi) is 10.3. The molecule has 0 aliphatic heterocycles. The van der Waals surface area contributed by atoms with Gasteiger partial charge >= 0.3 is 0 Å². The van der Waals surface area contributed by atoms with E-state index in [0.717, 1.165) is 27.4 Å². The van der Waals surface area contributed by atoms with Crippen molar-refractivity contribution in [2.45, 2.75) is 64.6 Å². The van der Waals surface area contributed by atoms with Gasteiger partial charge in [0.1, 0.15) is 18.3 Å². The van der Waals surface area contributed by atoms with Crippen LogP contribution in [0.4, 0.5) is 5.69 Å². The number of sulfonamides is 1. The first-order chi connectivity index (χ1) is 19.0.